The van der Waals surface area contributed by atoms with Crippen molar-refractivity contribution >= 4 is 5.97 Å². The van der Waals surface area contributed by atoms with E-state index in [1.54, 1.807) is 13.0 Å². The molecule has 13 nitrogen and oxygen atoms in total. The average Bonchev–Trinajstić information content (AvgIpc) is 3.47. The maximum Gasteiger partial charge on any atom is 0.331 e. The van der Waals surface area contributed by atoms with Crippen molar-refractivity contribution in [1.82, 2.24) is 0 Å². The molecular weight excluding hydrogens is 712 g/mol. The minimum absolute atomic E-state index is 0.0438. The fourth-order valence-electron chi connectivity index (χ4n) is 13.7. The second-order valence-corrected chi connectivity index (χ2v) is 19.5. The predicted octanol–water partition coefficient (Wildman–Crippen LogP) is 3.65. The summed E-state index contributed by atoms with van der Waals surface area (Å²) in [4.78, 5) is 12.0. The Morgan fingerprint density at radius 2 is 1.40 bits per heavy atom. The van der Waals surface area contributed by atoms with E-state index in [0.717, 1.165) is 50.5 Å². The van der Waals surface area contributed by atoms with Crippen molar-refractivity contribution in [2.75, 3.05) is 6.61 Å². The molecule has 55 heavy (non-hydrogen) atoms. The Bertz CT molecular complexity index is 1470. The summed E-state index contributed by atoms with van der Waals surface area (Å²) in [5.41, 5.74) is 0.245. The molecule has 0 aromatic carbocycles. The van der Waals surface area contributed by atoms with Gasteiger partial charge in [-0.05, 0) is 94.5 Å². The first-order valence-electron chi connectivity index (χ1n) is 21.3. The third-order valence-electron chi connectivity index (χ3n) is 16.5. The second kappa shape index (κ2) is 13.9. The minimum atomic E-state index is -0.936. The molecular formula is C42H64O13. The van der Waals surface area contributed by atoms with Crippen LogP contribution in [0.25, 0.3) is 0 Å². The molecule has 15 unspecified atom stereocenters. The summed E-state index contributed by atoms with van der Waals surface area (Å²) in [6.07, 6.45) is 3.37. The molecule has 4 N–H and O–H groups in total. The van der Waals surface area contributed by atoms with Crippen molar-refractivity contribution < 1.29 is 63.1 Å². The van der Waals surface area contributed by atoms with Crippen LogP contribution >= 0.6 is 0 Å². The van der Waals surface area contributed by atoms with E-state index in [4.69, 9.17) is 37.9 Å². The van der Waals surface area contributed by atoms with E-state index in [2.05, 4.69) is 20.8 Å². The molecule has 4 aliphatic carbocycles. The Morgan fingerprint density at radius 3 is 2.09 bits per heavy atom. The zero-order valence-corrected chi connectivity index (χ0v) is 33.3. The predicted molar refractivity (Wildman–Crippen MR) is 194 cm³/mol. The number of fused-ring (bicyclic) bond motifs is 2. The van der Waals surface area contributed by atoms with Crippen molar-refractivity contribution in [3.8, 4) is 0 Å². The molecule has 5 heterocycles. The third-order valence-corrected chi connectivity index (χ3v) is 16.5. The maximum absolute atomic E-state index is 12.0. The number of epoxide rings is 1. The molecule has 0 radical (unpaired) electrons. The van der Waals surface area contributed by atoms with Gasteiger partial charge in [0.05, 0.1) is 48.8 Å². The van der Waals surface area contributed by atoms with Gasteiger partial charge in [0.2, 0.25) is 0 Å². The molecule has 0 bridgehead atoms. The molecule has 0 aromatic rings. The molecule has 9 rings (SSSR count). The zero-order chi connectivity index (χ0) is 38.8. The van der Waals surface area contributed by atoms with Crippen LogP contribution in [-0.4, -0.2) is 124 Å². The van der Waals surface area contributed by atoms with Gasteiger partial charge in [-0.1, -0.05) is 20.8 Å². The summed E-state index contributed by atoms with van der Waals surface area (Å²) in [5.74, 6) is 0.553. The van der Waals surface area contributed by atoms with Crippen molar-refractivity contribution in [3.05, 3.63) is 11.6 Å². The van der Waals surface area contributed by atoms with Crippen LogP contribution in [0.5, 0.6) is 0 Å². The number of cyclic esters (lactones) is 1. The SMILES string of the molecule is CC1OC(O[C@@H]2C(C)CC(O[C@@H]3C(O)CC(OC4CC[C@@]5(C)C6CC[C@]7(C)C(C8=CC(=O)OC8)C(O)C[C@]78OC68CC[C@H]5C4)OC3C)OC2C)CC(O)C1O. The van der Waals surface area contributed by atoms with Gasteiger partial charge in [0.25, 0.3) is 0 Å². The summed E-state index contributed by atoms with van der Waals surface area (Å²) in [6.45, 7) is 12.7. The number of hydrogen-bond donors (Lipinski definition) is 4. The third kappa shape index (κ3) is 6.15. The summed E-state index contributed by atoms with van der Waals surface area (Å²) in [5, 5.41) is 43.1. The standard InChI is InChI=1S/C42H64O13/c1-20-13-32(50-22(3)37(20)53-34-16-27(43)36(47)21(2)49-34)54-38-23(4)51-33(17-28(38)44)52-26-8-10-39(5)25(15-26)7-12-41-30(39)9-11-40(6)35(24-14-31(46)48-19-24)29(45)18-42(40,41)55-41/h14,20-23,25-30,32-38,43-45,47H,7-13,15-19H2,1-6H3/t20?,21?,22?,23?,25-,26?,27?,28?,29?,30?,32?,33?,34?,35?,36?,37+,38-,39+,40+,41?,42-/m0/s1. The molecule has 13 heteroatoms. The largest absolute Gasteiger partial charge is 0.458 e. The smallest absolute Gasteiger partial charge is 0.331 e. The zero-order valence-electron chi connectivity index (χ0n) is 33.3. The molecule has 0 amide bonds. The lowest BCUT2D eigenvalue weighted by atomic mass is 9.44. The second-order valence-electron chi connectivity index (χ2n) is 19.5. The van der Waals surface area contributed by atoms with Gasteiger partial charge in [0.1, 0.15) is 30.0 Å². The van der Waals surface area contributed by atoms with Gasteiger partial charge in [-0.25, -0.2) is 4.79 Å². The van der Waals surface area contributed by atoms with Gasteiger partial charge in [-0.15, -0.1) is 0 Å². The van der Waals surface area contributed by atoms with Crippen molar-refractivity contribution in [2.24, 2.45) is 34.5 Å². The molecule has 5 aliphatic heterocycles. The molecule has 9 aliphatic rings. The van der Waals surface area contributed by atoms with Crippen LogP contribution in [0.15, 0.2) is 11.6 Å². The van der Waals surface area contributed by atoms with E-state index in [9.17, 15) is 25.2 Å². The van der Waals surface area contributed by atoms with Crippen LogP contribution in [0.3, 0.4) is 0 Å². The summed E-state index contributed by atoms with van der Waals surface area (Å²) in [7, 11) is 0. The van der Waals surface area contributed by atoms with E-state index in [1.807, 2.05) is 13.8 Å². The van der Waals surface area contributed by atoms with E-state index < -0.39 is 61.6 Å². The first-order chi connectivity index (χ1) is 26.1. The highest BCUT2D eigenvalue weighted by Gasteiger charge is 2.87. The number of ether oxygens (including phenoxy) is 8. The molecule has 8 fully saturated rings. The number of aliphatic hydroxyl groups is 4. The first-order valence-corrected chi connectivity index (χ1v) is 21.3. The van der Waals surface area contributed by atoms with Gasteiger partial charge in [-0.2, -0.15) is 0 Å². The van der Waals surface area contributed by atoms with Crippen molar-refractivity contribution in [1.29, 1.82) is 0 Å². The topological polar surface area (TPSA) is 175 Å². The number of rotatable bonds is 7. The number of esters is 1. The van der Waals surface area contributed by atoms with Gasteiger partial charge in [-0.3, -0.25) is 0 Å². The van der Waals surface area contributed by atoms with Crippen molar-refractivity contribution in [3.63, 3.8) is 0 Å². The molecule has 2 spiro atoms. The molecule has 310 valence electrons. The number of aliphatic hydroxyl groups excluding tert-OH is 4. The summed E-state index contributed by atoms with van der Waals surface area (Å²) >= 11 is 0. The Kier molecular flexibility index (Phi) is 9.94. The van der Waals surface area contributed by atoms with Gasteiger partial charge >= 0.3 is 5.97 Å². The van der Waals surface area contributed by atoms with Crippen LogP contribution in [-0.2, 0) is 42.7 Å². The lowest BCUT2D eigenvalue weighted by molar-refractivity contribution is -0.330. The van der Waals surface area contributed by atoms with E-state index in [-0.39, 0.29) is 71.2 Å². The Morgan fingerprint density at radius 1 is 0.727 bits per heavy atom. The first kappa shape index (κ1) is 39.2. The highest BCUT2D eigenvalue weighted by Crippen LogP contribution is 2.81. The van der Waals surface area contributed by atoms with Crippen LogP contribution in [0.2, 0.25) is 0 Å². The lowest BCUT2D eigenvalue weighted by Gasteiger charge is -2.58. The number of carbonyl (C=O) groups excluding carboxylic acids is 1. The van der Waals surface area contributed by atoms with E-state index >= 15 is 0 Å². The van der Waals surface area contributed by atoms with Crippen LogP contribution < -0.4 is 0 Å². The molecule has 0 aromatic heterocycles. The molecule has 4 saturated carbocycles. The van der Waals surface area contributed by atoms with Crippen molar-refractivity contribution in [2.45, 2.75) is 203 Å². The Balaban J connectivity index is 0.777. The molecule has 4 saturated heterocycles. The van der Waals surface area contributed by atoms with Crippen LogP contribution in [0, 0.1) is 34.5 Å². The summed E-state index contributed by atoms with van der Waals surface area (Å²) in [6, 6.07) is 0. The van der Waals surface area contributed by atoms with E-state index in [1.165, 1.54) is 0 Å². The Labute approximate surface area is 324 Å². The highest BCUT2D eigenvalue weighted by molar-refractivity contribution is 5.85. The minimum Gasteiger partial charge on any atom is -0.458 e. The maximum atomic E-state index is 12.0. The fraction of sp³-hybridized carbons (Fsp3) is 0.929. The van der Waals surface area contributed by atoms with E-state index in [0.29, 0.717) is 31.1 Å². The number of carbonyl (C=O) groups is 1. The summed E-state index contributed by atoms with van der Waals surface area (Å²) < 4.78 is 50.1. The quantitative estimate of drug-likeness (QED) is 0.168. The van der Waals surface area contributed by atoms with Gasteiger partial charge < -0.3 is 58.3 Å². The van der Waals surface area contributed by atoms with Crippen LogP contribution in [0.4, 0.5) is 0 Å². The molecule has 21 atom stereocenters. The van der Waals surface area contributed by atoms with Gasteiger partial charge in [0, 0.05) is 43.1 Å². The highest BCUT2D eigenvalue weighted by atomic mass is 16.7. The number of hydrogen-bond acceptors (Lipinski definition) is 13. The van der Waals surface area contributed by atoms with Crippen LogP contribution in [0.1, 0.15) is 112 Å². The Hall–Kier alpha value is -1.23. The lowest BCUT2D eigenvalue weighted by Crippen LogP contribution is -2.59. The normalized spacial score (nSPS) is 57.5. The monoisotopic (exact) mass is 776 g/mol. The average molecular weight is 777 g/mol. The fourth-order valence-corrected chi connectivity index (χ4v) is 13.7. The van der Waals surface area contributed by atoms with Gasteiger partial charge in [0.15, 0.2) is 18.9 Å².